The quantitative estimate of drug-likeness (QED) is 0.509. The lowest BCUT2D eigenvalue weighted by Crippen LogP contribution is -2.22. The Bertz CT molecular complexity index is 1250. The third-order valence-electron chi connectivity index (χ3n) is 4.15. The highest BCUT2D eigenvalue weighted by atomic mass is 32.2. The van der Waals surface area contributed by atoms with Gasteiger partial charge in [-0.2, -0.15) is 0 Å². The molecule has 146 valence electrons. The summed E-state index contributed by atoms with van der Waals surface area (Å²) >= 11 is 0. The largest absolute Gasteiger partial charge is 0.451 e. The topological polar surface area (TPSA) is 141 Å². The van der Waals surface area contributed by atoms with Crippen LogP contribution in [0.25, 0.3) is 11.0 Å². The van der Waals surface area contributed by atoms with Crippen LogP contribution in [0.2, 0.25) is 0 Å². The SMILES string of the molecule is Nc1ccc(S(=O)(=O)c2ccc(CNC(=O)c3cc4cnccc4o3)nc2)cn1. The molecule has 0 aliphatic rings. The number of amides is 1. The molecule has 0 unspecified atom stereocenters. The lowest BCUT2D eigenvalue weighted by atomic mass is 10.3. The standard InChI is InChI=1S/C19H15N5O4S/c20-18-4-3-15(11-23-18)29(26,27)14-2-1-13(22-10-14)9-24-19(25)17-7-12-8-21-6-5-16(12)28-17/h1-8,10-11H,9H2,(H2,20,23)(H,24,25). The normalized spacial score (nSPS) is 11.4. The summed E-state index contributed by atoms with van der Waals surface area (Å²) in [5.41, 5.74) is 6.54. The maximum atomic E-state index is 12.6. The molecule has 3 N–H and O–H groups in total. The number of carbonyl (C=O) groups is 1. The third kappa shape index (κ3) is 3.78. The number of carbonyl (C=O) groups excluding carboxylic acids is 1. The summed E-state index contributed by atoms with van der Waals surface area (Å²) in [6.45, 7) is 0.109. The molecule has 0 fully saturated rings. The van der Waals surface area contributed by atoms with Gasteiger partial charge in [0.15, 0.2) is 5.76 Å². The fraction of sp³-hybridized carbons (Fsp3) is 0.0526. The predicted molar refractivity (Wildman–Crippen MR) is 104 cm³/mol. The molecule has 4 heterocycles. The highest BCUT2D eigenvalue weighted by molar-refractivity contribution is 7.91. The minimum absolute atomic E-state index is 0.0175. The van der Waals surface area contributed by atoms with Crippen LogP contribution in [0.4, 0.5) is 5.82 Å². The van der Waals surface area contributed by atoms with Crippen molar-refractivity contribution in [1.82, 2.24) is 20.3 Å². The van der Waals surface area contributed by atoms with Crippen molar-refractivity contribution in [3.8, 4) is 0 Å². The molecule has 1 amide bonds. The molecule has 0 spiro atoms. The highest BCUT2D eigenvalue weighted by Gasteiger charge is 2.19. The molecule has 0 aromatic carbocycles. The molecular formula is C19H15N5O4S. The zero-order valence-corrected chi connectivity index (χ0v) is 15.8. The van der Waals surface area contributed by atoms with Gasteiger partial charge in [0.25, 0.3) is 5.91 Å². The van der Waals surface area contributed by atoms with Gasteiger partial charge in [-0.3, -0.25) is 14.8 Å². The minimum Gasteiger partial charge on any atom is -0.451 e. The van der Waals surface area contributed by atoms with E-state index < -0.39 is 15.7 Å². The van der Waals surface area contributed by atoms with E-state index in [0.29, 0.717) is 11.3 Å². The maximum absolute atomic E-state index is 12.6. The van der Waals surface area contributed by atoms with Crippen molar-refractivity contribution in [2.24, 2.45) is 0 Å². The molecule has 10 heteroatoms. The molecule has 0 radical (unpaired) electrons. The second-order valence-corrected chi connectivity index (χ2v) is 8.06. The van der Waals surface area contributed by atoms with E-state index in [1.54, 1.807) is 24.5 Å². The van der Waals surface area contributed by atoms with Crippen LogP contribution in [-0.2, 0) is 16.4 Å². The molecule has 0 bridgehead atoms. The zero-order chi connectivity index (χ0) is 20.4. The Morgan fingerprint density at radius 1 is 1.03 bits per heavy atom. The van der Waals surface area contributed by atoms with Gasteiger partial charge >= 0.3 is 0 Å². The fourth-order valence-corrected chi connectivity index (χ4v) is 3.77. The Morgan fingerprint density at radius 3 is 2.45 bits per heavy atom. The van der Waals surface area contributed by atoms with Crippen molar-refractivity contribution in [1.29, 1.82) is 0 Å². The van der Waals surface area contributed by atoms with Crippen LogP contribution in [0.5, 0.6) is 0 Å². The first-order chi connectivity index (χ1) is 13.9. The molecular weight excluding hydrogens is 394 g/mol. The third-order valence-corrected chi connectivity index (χ3v) is 5.87. The van der Waals surface area contributed by atoms with Crippen LogP contribution in [0.3, 0.4) is 0 Å². The van der Waals surface area contributed by atoms with Gasteiger partial charge in [-0.15, -0.1) is 0 Å². The van der Waals surface area contributed by atoms with Crippen molar-refractivity contribution < 1.29 is 17.6 Å². The van der Waals surface area contributed by atoms with E-state index >= 15 is 0 Å². The van der Waals surface area contributed by atoms with E-state index in [-0.39, 0.29) is 27.9 Å². The van der Waals surface area contributed by atoms with Gasteiger partial charge in [0.1, 0.15) is 11.4 Å². The second kappa shape index (κ2) is 7.32. The van der Waals surface area contributed by atoms with Gasteiger partial charge in [-0.1, -0.05) is 0 Å². The number of aromatic nitrogens is 3. The van der Waals surface area contributed by atoms with Crippen molar-refractivity contribution in [2.75, 3.05) is 5.73 Å². The van der Waals surface area contributed by atoms with Crippen LogP contribution in [0.15, 0.2) is 75.4 Å². The number of hydrogen-bond acceptors (Lipinski definition) is 8. The van der Waals surface area contributed by atoms with Crippen LogP contribution in [-0.4, -0.2) is 29.3 Å². The van der Waals surface area contributed by atoms with Crippen LogP contribution >= 0.6 is 0 Å². The summed E-state index contributed by atoms with van der Waals surface area (Å²) in [4.78, 5) is 24.2. The van der Waals surface area contributed by atoms with Gasteiger partial charge in [0.05, 0.1) is 22.0 Å². The molecule has 0 saturated heterocycles. The number of pyridine rings is 3. The summed E-state index contributed by atoms with van der Waals surface area (Å²) in [5.74, 6) is -0.0235. The maximum Gasteiger partial charge on any atom is 0.287 e. The van der Waals surface area contributed by atoms with Gasteiger partial charge in [-0.05, 0) is 36.4 Å². The number of nitrogen functional groups attached to an aromatic ring is 1. The van der Waals surface area contributed by atoms with Gasteiger partial charge in [-0.25, -0.2) is 13.4 Å². The Hall–Kier alpha value is -3.79. The van der Waals surface area contributed by atoms with Crippen molar-refractivity contribution in [3.63, 3.8) is 0 Å². The summed E-state index contributed by atoms with van der Waals surface area (Å²) in [6, 6.07) is 9.02. The Kier molecular flexibility index (Phi) is 4.69. The number of sulfone groups is 1. The first kappa shape index (κ1) is 18.6. The van der Waals surface area contributed by atoms with Crippen molar-refractivity contribution in [2.45, 2.75) is 16.3 Å². The van der Waals surface area contributed by atoms with E-state index in [2.05, 4.69) is 20.3 Å². The zero-order valence-electron chi connectivity index (χ0n) is 14.9. The van der Waals surface area contributed by atoms with E-state index in [0.717, 1.165) is 5.39 Å². The average molecular weight is 409 g/mol. The molecule has 0 aliphatic heterocycles. The number of anilines is 1. The molecule has 4 aromatic heterocycles. The molecule has 29 heavy (non-hydrogen) atoms. The summed E-state index contributed by atoms with van der Waals surface area (Å²) < 4.78 is 30.6. The first-order valence-electron chi connectivity index (χ1n) is 8.47. The summed E-state index contributed by atoms with van der Waals surface area (Å²) in [5, 5.41) is 3.41. The van der Waals surface area contributed by atoms with Gasteiger partial charge in [0, 0.05) is 30.2 Å². The Morgan fingerprint density at radius 2 is 1.79 bits per heavy atom. The molecule has 4 aromatic rings. The Balaban J connectivity index is 1.45. The smallest absolute Gasteiger partial charge is 0.287 e. The molecule has 0 aliphatic carbocycles. The minimum atomic E-state index is -3.75. The molecule has 4 rings (SSSR count). The van der Waals surface area contributed by atoms with Crippen molar-refractivity contribution in [3.05, 3.63) is 72.6 Å². The van der Waals surface area contributed by atoms with E-state index in [1.165, 1.54) is 36.7 Å². The number of hydrogen-bond donors (Lipinski definition) is 2. The number of rotatable bonds is 5. The lowest BCUT2D eigenvalue weighted by molar-refractivity contribution is 0.0925. The van der Waals surface area contributed by atoms with E-state index in [9.17, 15) is 13.2 Å². The monoisotopic (exact) mass is 409 g/mol. The number of nitrogens with two attached hydrogens (primary N) is 1. The summed E-state index contributed by atoms with van der Waals surface area (Å²) in [7, 11) is -3.75. The van der Waals surface area contributed by atoms with E-state index in [4.69, 9.17) is 10.2 Å². The van der Waals surface area contributed by atoms with Gasteiger partial charge < -0.3 is 15.5 Å². The Labute approximate surface area is 165 Å². The summed E-state index contributed by atoms with van der Waals surface area (Å²) in [6.07, 6.45) is 5.61. The first-order valence-corrected chi connectivity index (χ1v) is 9.95. The van der Waals surface area contributed by atoms with Gasteiger partial charge in [0.2, 0.25) is 9.84 Å². The number of nitrogens with one attached hydrogen (secondary N) is 1. The second-order valence-electron chi connectivity index (χ2n) is 6.11. The molecule has 0 saturated carbocycles. The van der Waals surface area contributed by atoms with Crippen LogP contribution in [0.1, 0.15) is 16.2 Å². The predicted octanol–water partition coefficient (Wildman–Crippen LogP) is 1.96. The molecule has 9 nitrogen and oxygen atoms in total. The number of fused-ring (bicyclic) bond motifs is 1. The fourth-order valence-electron chi connectivity index (χ4n) is 2.62. The highest BCUT2D eigenvalue weighted by Crippen LogP contribution is 2.20. The van der Waals surface area contributed by atoms with Crippen LogP contribution < -0.4 is 11.1 Å². The average Bonchev–Trinajstić information content (AvgIpc) is 3.17. The van der Waals surface area contributed by atoms with Crippen LogP contribution in [0, 0.1) is 0 Å². The van der Waals surface area contributed by atoms with E-state index in [1.807, 2.05) is 0 Å². The number of nitrogens with zero attached hydrogens (tertiary/aromatic N) is 3. The van der Waals surface area contributed by atoms with Crippen molar-refractivity contribution >= 4 is 32.5 Å². The number of furan rings is 1. The molecule has 0 atom stereocenters. The lowest BCUT2D eigenvalue weighted by Gasteiger charge is -2.06.